The molecule has 1 aliphatic carbocycles. The maximum absolute atomic E-state index is 12.8. The van der Waals surface area contributed by atoms with Crippen LogP contribution in [0, 0.1) is 0 Å². The molecule has 0 spiro atoms. The fourth-order valence-corrected chi connectivity index (χ4v) is 5.07. The number of benzene rings is 1. The van der Waals surface area contributed by atoms with E-state index in [1.54, 1.807) is 17.0 Å². The standard InChI is InChI=1S/C20H20N4O3S/c25-18-14-9-4-5-10-15(14)21-19-24(18)22-17(28-19)16-11-6-12-23(16)20(26)27-13-7-2-1-3-8-13/h1-3,7-8,16H,4-6,9-12H2/t16-/m1/s1. The van der Waals surface area contributed by atoms with Crippen molar-refractivity contribution < 1.29 is 9.53 Å². The van der Waals surface area contributed by atoms with Crippen LogP contribution in [0.25, 0.3) is 4.96 Å². The van der Waals surface area contributed by atoms with E-state index in [2.05, 4.69) is 5.10 Å². The van der Waals surface area contributed by atoms with Crippen LogP contribution in [-0.4, -0.2) is 32.1 Å². The third-order valence-corrected chi connectivity index (χ3v) is 6.43. The molecule has 3 heterocycles. The molecule has 0 unspecified atom stereocenters. The quantitative estimate of drug-likeness (QED) is 0.664. The Bertz CT molecular complexity index is 1090. The molecular formula is C20H20N4O3S. The van der Waals surface area contributed by atoms with Crippen LogP contribution in [0.2, 0.25) is 0 Å². The summed E-state index contributed by atoms with van der Waals surface area (Å²) >= 11 is 1.40. The summed E-state index contributed by atoms with van der Waals surface area (Å²) in [6, 6.07) is 8.87. The van der Waals surface area contributed by atoms with E-state index < -0.39 is 0 Å². The lowest BCUT2D eigenvalue weighted by molar-refractivity contribution is 0.147. The summed E-state index contributed by atoms with van der Waals surface area (Å²) in [6.45, 7) is 0.616. The molecule has 144 valence electrons. The highest BCUT2D eigenvalue weighted by Gasteiger charge is 2.34. The van der Waals surface area contributed by atoms with E-state index in [0.29, 0.717) is 17.3 Å². The third-order valence-electron chi connectivity index (χ3n) is 5.42. The van der Waals surface area contributed by atoms with Crippen LogP contribution in [0.1, 0.15) is 48.0 Å². The second kappa shape index (κ2) is 7.01. The molecule has 3 aromatic rings. The molecule has 1 fully saturated rings. The maximum Gasteiger partial charge on any atom is 0.415 e. The fraction of sp³-hybridized carbons (Fsp3) is 0.400. The Balaban J connectivity index is 1.46. The van der Waals surface area contributed by atoms with Gasteiger partial charge in [0, 0.05) is 12.1 Å². The van der Waals surface area contributed by atoms with Crippen molar-refractivity contribution >= 4 is 22.4 Å². The lowest BCUT2D eigenvalue weighted by atomic mass is 9.97. The summed E-state index contributed by atoms with van der Waals surface area (Å²) < 4.78 is 6.93. The van der Waals surface area contributed by atoms with E-state index >= 15 is 0 Å². The van der Waals surface area contributed by atoms with Gasteiger partial charge >= 0.3 is 6.09 Å². The topological polar surface area (TPSA) is 76.8 Å². The van der Waals surface area contributed by atoms with Gasteiger partial charge in [-0.25, -0.2) is 9.78 Å². The first kappa shape index (κ1) is 17.4. The molecule has 1 saturated heterocycles. The average molecular weight is 396 g/mol. The zero-order valence-corrected chi connectivity index (χ0v) is 16.2. The van der Waals surface area contributed by atoms with Crippen LogP contribution < -0.4 is 10.3 Å². The number of rotatable bonds is 2. The van der Waals surface area contributed by atoms with Crippen LogP contribution in [0.4, 0.5) is 4.79 Å². The first-order valence-electron chi connectivity index (χ1n) is 9.66. The van der Waals surface area contributed by atoms with Gasteiger partial charge < -0.3 is 4.74 Å². The van der Waals surface area contributed by atoms with E-state index in [0.717, 1.165) is 54.8 Å². The van der Waals surface area contributed by atoms with Crippen molar-refractivity contribution in [1.82, 2.24) is 19.5 Å². The van der Waals surface area contributed by atoms with Gasteiger partial charge in [-0.3, -0.25) is 9.69 Å². The number of fused-ring (bicyclic) bond motifs is 2. The first-order valence-corrected chi connectivity index (χ1v) is 10.5. The number of amides is 1. The highest BCUT2D eigenvalue weighted by Crippen LogP contribution is 2.35. The molecule has 2 aliphatic rings. The zero-order valence-electron chi connectivity index (χ0n) is 15.3. The molecule has 1 aliphatic heterocycles. The van der Waals surface area contributed by atoms with Gasteiger partial charge in [0.1, 0.15) is 10.8 Å². The number of aromatic nitrogens is 3. The molecule has 0 N–H and O–H groups in total. The van der Waals surface area contributed by atoms with E-state index in [4.69, 9.17) is 9.72 Å². The number of ether oxygens (including phenoxy) is 1. The summed E-state index contributed by atoms with van der Waals surface area (Å²) in [5.41, 5.74) is 1.66. The maximum atomic E-state index is 12.8. The number of carbonyl (C=O) groups excluding carboxylic acids is 1. The minimum absolute atomic E-state index is 0.0568. The van der Waals surface area contributed by atoms with Crippen molar-refractivity contribution in [3.8, 4) is 5.75 Å². The number of likely N-dealkylation sites (tertiary alicyclic amines) is 1. The third kappa shape index (κ3) is 2.97. The van der Waals surface area contributed by atoms with Crippen molar-refractivity contribution in [2.45, 2.75) is 44.6 Å². The molecule has 5 rings (SSSR count). The molecule has 2 aromatic heterocycles. The Kier molecular flexibility index (Phi) is 4.35. The smallest absolute Gasteiger partial charge is 0.410 e. The van der Waals surface area contributed by atoms with E-state index in [-0.39, 0.29) is 17.7 Å². The van der Waals surface area contributed by atoms with Crippen LogP contribution in [0.15, 0.2) is 35.1 Å². The zero-order chi connectivity index (χ0) is 19.1. The number of aryl methyl sites for hydroxylation is 1. The van der Waals surface area contributed by atoms with Crippen molar-refractivity contribution in [3.63, 3.8) is 0 Å². The highest BCUT2D eigenvalue weighted by molar-refractivity contribution is 7.16. The monoisotopic (exact) mass is 396 g/mol. The molecule has 1 aromatic carbocycles. The van der Waals surface area contributed by atoms with E-state index in [1.807, 2.05) is 18.2 Å². The molecule has 8 heteroatoms. The number of hydrogen-bond acceptors (Lipinski definition) is 6. The van der Waals surface area contributed by atoms with Crippen molar-refractivity contribution in [2.75, 3.05) is 6.54 Å². The molecule has 7 nitrogen and oxygen atoms in total. The summed E-state index contributed by atoms with van der Waals surface area (Å²) in [5.74, 6) is 0.521. The molecule has 0 radical (unpaired) electrons. The first-order chi connectivity index (χ1) is 13.7. The van der Waals surface area contributed by atoms with Gasteiger partial charge in [-0.05, 0) is 50.7 Å². The Hall–Kier alpha value is -2.74. The van der Waals surface area contributed by atoms with Gasteiger partial charge in [0.2, 0.25) is 4.96 Å². The van der Waals surface area contributed by atoms with Crippen molar-refractivity contribution in [1.29, 1.82) is 0 Å². The van der Waals surface area contributed by atoms with Gasteiger partial charge in [-0.1, -0.05) is 29.5 Å². The second-order valence-electron chi connectivity index (χ2n) is 7.22. The minimum atomic E-state index is -0.382. The van der Waals surface area contributed by atoms with Crippen LogP contribution in [-0.2, 0) is 12.8 Å². The molecular weight excluding hydrogens is 376 g/mol. The lowest BCUT2D eigenvalue weighted by Crippen LogP contribution is -2.33. The number of para-hydroxylation sites is 1. The largest absolute Gasteiger partial charge is 0.415 e. The molecule has 28 heavy (non-hydrogen) atoms. The Morgan fingerprint density at radius 2 is 1.96 bits per heavy atom. The SMILES string of the molecule is O=C(Oc1ccccc1)N1CCC[C@@H]1c1nn2c(=O)c3c(nc2s1)CCCC3. The van der Waals surface area contributed by atoms with Gasteiger partial charge in [-0.15, -0.1) is 0 Å². The molecule has 1 atom stereocenters. The predicted molar refractivity (Wildman–Crippen MR) is 105 cm³/mol. The normalized spacial score (nSPS) is 19.0. The number of nitrogens with zero attached hydrogens (tertiary/aromatic N) is 4. The fourth-order valence-electron chi connectivity index (χ4n) is 4.01. The van der Waals surface area contributed by atoms with E-state index in [1.165, 1.54) is 15.9 Å². The lowest BCUT2D eigenvalue weighted by Gasteiger charge is -2.21. The highest BCUT2D eigenvalue weighted by atomic mass is 32.1. The van der Waals surface area contributed by atoms with Gasteiger partial charge in [0.25, 0.3) is 5.56 Å². The van der Waals surface area contributed by atoms with Crippen LogP contribution in [0.3, 0.4) is 0 Å². The summed E-state index contributed by atoms with van der Waals surface area (Å²) in [7, 11) is 0. The number of hydrogen-bond donors (Lipinski definition) is 0. The van der Waals surface area contributed by atoms with Crippen molar-refractivity contribution in [3.05, 3.63) is 57.0 Å². The molecule has 0 saturated carbocycles. The van der Waals surface area contributed by atoms with Gasteiger partial charge in [-0.2, -0.15) is 9.61 Å². The van der Waals surface area contributed by atoms with Crippen LogP contribution >= 0.6 is 11.3 Å². The van der Waals surface area contributed by atoms with Gasteiger partial charge in [0.15, 0.2) is 0 Å². The predicted octanol–water partition coefficient (Wildman–Crippen LogP) is 3.37. The molecule has 0 bridgehead atoms. The Labute approximate surface area is 165 Å². The summed E-state index contributed by atoms with van der Waals surface area (Å²) in [5, 5.41) is 5.30. The summed E-state index contributed by atoms with van der Waals surface area (Å²) in [4.78, 5) is 32.5. The second-order valence-corrected chi connectivity index (χ2v) is 8.20. The van der Waals surface area contributed by atoms with Crippen LogP contribution in [0.5, 0.6) is 5.75 Å². The van der Waals surface area contributed by atoms with E-state index in [9.17, 15) is 9.59 Å². The number of carbonyl (C=O) groups is 1. The molecule has 1 amide bonds. The minimum Gasteiger partial charge on any atom is -0.410 e. The Morgan fingerprint density at radius 1 is 1.14 bits per heavy atom. The average Bonchev–Trinajstić information content (AvgIpc) is 3.36. The van der Waals surface area contributed by atoms with Gasteiger partial charge in [0.05, 0.1) is 11.7 Å². The van der Waals surface area contributed by atoms with Crippen molar-refractivity contribution in [2.24, 2.45) is 0 Å². The summed E-state index contributed by atoms with van der Waals surface area (Å²) in [6.07, 6.45) is 5.02. The Morgan fingerprint density at radius 3 is 2.82 bits per heavy atom.